The second-order valence-corrected chi connectivity index (χ2v) is 21.3. The van der Waals surface area contributed by atoms with E-state index in [2.05, 4.69) is 55.4 Å². The quantitative estimate of drug-likeness (QED) is 0.153. The van der Waals surface area contributed by atoms with Gasteiger partial charge in [0, 0.05) is 14.5 Å². The molecule has 0 unspecified atom stereocenters. The Labute approximate surface area is 218 Å². The highest BCUT2D eigenvalue weighted by Gasteiger charge is 2.32. The molecule has 0 saturated heterocycles. The van der Waals surface area contributed by atoms with Crippen LogP contribution in [0.3, 0.4) is 0 Å². The summed E-state index contributed by atoms with van der Waals surface area (Å²) in [5.41, 5.74) is 0. The van der Waals surface area contributed by atoms with E-state index in [0.29, 0.717) is 6.42 Å². The molecule has 0 aliphatic carbocycles. The van der Waals surface area contributed by atoms with Crippen molar-refractivity contribution in [1.29, 1.82) is 0 Å². The fraction of sp³-hybridized carbons (Fsp3) is 1.00. The van der Waals surface area contributed by atoms with Crippen molar-refractivity contribution in [2.75, 3.05) is 55.5 Å². The first-order valence-corrected chi connectivity index (χ1v) is 21.5. The first-order valence-electron chi connectivity index (χ1n) is 14.8. The van der Waals surface area contributed by atoms with Gasteiger partial charge >= 0.3 is 0 Å². The highest BCUT2D eigenvalue weighted by molar-refractivity contribution is 7.76. The zero-order valence-corrected chi connectivity index (χ0v) is 27.7. The largest absolute Gasteiger partial charge is 0.811 e. The molecule has 34 heavy (non-hydrogen) atoms. The summed E-state index contributed by atoms with van der Waals surface area (Å²) in [6.45, 7) is 20.8. The van der Waals surface area contributed by atoms with Gasteiger partial charge < -0.3 is 14.4 Å². The van der Waals surface area contributed by atoms with Crippen LogP contribution < -0.4 is 9.79 Å². The predicted octanol–water partition coefficient (Wildman–Crippen LogP) is 8.99. The molecule has 0 heterocycles. The van der Waals surface area contributed by atoms with E-state index >= 15 is 0 Å². The molecule has 0 atom stereocenters. The van der Waals surface area contributed by atoms with E-state index in [1.807, 2.05) is 6.92 Å². The Morgan fingerprint density at radius 1 is 0.471 bits per heavy atom. The highest BCUT2D eigenvalue weighted by atomic mass is 31.2. The lowest BCUT2D eigenvalue weighted by Crippen LogP contribution is -2.16. The van der Waals surface area contributed by atoms with Crippen molar-refractivity contribution in [3.05, 3.63) is 0 Å². The Morgan fingerprint density at radius 3 is 0.824 bits per heavy atom. The van der Waals surface area contributed by atoms with Crippen molar-refractivity contribution in [3.8, 4) is 0 Å². The molecule has 0 saturated carbocycles. The van der Waals surface area contributed by atoms with Gasteiger partial charge in [0.05, 0.1) is 49.3 Å². The maximum atomic E-state index is 9.86. The minimum Gasteiger partial charge on any atom is -0.811 e. The van der Waals surface area contributed by atoms with Gasteiger partial charge in [-0.1, -0.05) is 74.3 Å². The average Bonchev–Trinajstić information content (AvgIpc) is 2.84. The fourth-order valence-electron chi connectivity index (χ4n) is 4.26. The minimum atomic E-state index is -4.18. The van der Waals surface area contributed by atoms with Gasteiger partial charge in [-0.3, -0.25) is 0 Å². The minimum absolute atomic E-state index is 0.191. The lowest BCUT2D eigenvalue weighted by molar-refractivity contribution is -0.313. The Bertz CT molecular complexity index is 396. The van der Waals surface area contributed by atoms with Crippen molar-refractivity contribution >= 4 is 22.1 Å². The van der Waals surface area contributed by atoms with Crippen LogP contribution in [0.5, 0.6) is 0 Å². The SMILES string of the molecule is CCCCP(=O)([O-])[O-].CCCC[P+](CC)(CC)CCCC.CCCC[P+](CC)(CC)CCCC. The van der Waals surface area contributed by atoms with Crippen LogP contribution in [0, 0.1) is 0 Å². The summed E-state index contributed by atoms with van der Waals surface area (Å²) in [5.74, 6) is 0. The Morgan fingerprint density at radius 2 is 0.706 bits per heavy atom. The number of hydrogen-bond donors (Lipinski definition) is 0. The average molecular weight is 543 g/mol. The molecule has 0 aliphatic rings. The van der Waals surface area contributed by atoms with Gasteiger partial charge in [-0.25, -0.2) is 0 Å². The maximum absolute atomic E-state index is 9.86. The van der Waals surface area contributed by atoms with Gasteiger partial charge in [-0.15, -0.1) is 0 Å². The van der Waals surface area contributed by atoms with Gasteiger partial charge in [0.2, 0.25) is 0 Å². The lowest BCUT2D eigenvalue weighted by atomic mass is 10.4. The predicted molar refractivity (Wildman–Crippen MR) is 162 cm³/mol. The van der Waals surface area contributed by atoms with Crippen LogP contribution in [0.1, 0.15) is 127 Å². The van der Waals surface area contributed by atoms with Crippen molar-refractivity contribution < 1.29 is 14.4 Å². The number of unbranched alkanes of at least 4 members (excludes halogenated alkanes) is 5. The zero-order valence-electron chi connectivity index (χ0n) is 25.0. The number of rotatable bonds is 19. The molecule has 210 valence electrons. The summed E-state index contributed by atoms with van der Waals surface area (Å²) in [4.78, 5) is 19.7. The molecular weight excluding hydrogens is 477 g/mol. The summed E-state index contributed by atoms with van der Waals surface area (Å²) in [5, 5.41) is 0. The molecule has 6 heteroatoms. The fourth-order valence-corrected chi connectivity index (χ4v) is 12.8. The maximum Gasteiger partial charge on any atom is 0.0594 e. The van der Waals surface area contributed by atoms with E-state index in [-0.39, 0.29) is 6.16 Å². The molecule has 0 aromatic heterocycles. The zero-order chi connectivity index (χ0) is 26.9. The van der Waals surface area contributed by atoms with Gasteiger partial charge in [0.25, 0.3) is 0 Å². The first-order chi connectivity index (χ1) is 16.0. The van der Waals surface area contributed by atoms with Gasteiger partial charge in [-0.05, 0) is 66.0 Å². The highest BCUT2D eigenvalue weighted by Crippen LogP contribution is 2.60. The molecule has 0 radical (unpaired) electrons. The second-order valence-electron chi connectivity index (χ2n) is 9.94. The summed E-state index contributed by atoms with van der Waals surface area (Å²) in [7, 11) is -5.16. The molecule has 0 bridgehead atoms. The van der Waals surface area contributed by atoms with E-state index in [9.17, 15) is 14.4 Å². The molecule has 0 aliphatic heterocycles. The van der Waals surface area contributed by atoms with Crippen LogP contribution in [0.15, 0.2) is 0 Å². The lowest BCUT2D eigenvalue weighted by Gasteiger charge is -2.28. The monoisotopic (exact) mass is 542 g/mol. The van der Waals surface area contributed by atoms with Crippen molar-refractivity contribution in [3.63, 3.8) is 0 Å². The molecule has 0 aromatic rings. The second kappa shape index (κ2) is 25.7. The Hall–Kier alpha value is 1.01. The van der Waals surface area contributed by atoms with Gasteiger partial charge in [0.15, 0.2) is 0 Å². The summed E-state index contributed by atoms with van der Waals surface area (Å²) < 4.78 is 9.86. The van der Waals surface area contributed by atoms with E-state index in [1.54, 1.807) is 24.6 Å². The smallest absolute Gasteiger partial charge is 0.0594 e. The standard InChI is InChI=1S/2C12H28P.C4H11O3P/c2*1-5-9-11-13(7-3,8-4)12-10-6-2;1-2-3-4-8(5,6)7/h2*5-12H2,1-4H3;2-4H2,1H3,(H2,5,6,7)/q2*+1;/p-2. The Kier molecular flexibility index (Phi) is 29.8. The Balaban J connectivity index is -0.000000438. The molecule has 0 spiro atoms. The molecule has 0 N–H and O–H groups in total. The van der Waals surface area contributed by atoms with Crippen molar-refractivity contribution in [1.82, 2.24) is 0 Å². The molecule has 0 rings (SSSR count). The molecular formula is C28H65O3P3. The van der Waals surface area contributed by atoms with E-state index in [4.69, 9.17) is 0 Å². The van der Waals surface area contributed by atoms with E-state index in [0.717, 1.165) is 6.42 Å². The number of hydrogen-bond acceptors (Lipinski definition) is 3. The third-order valence-corrected chi connectivity index (χ3v) is 18.7. The normalized spacial score (nSPS) is 12.0. The molecule has 3 nitrogen and oxygen atoms in total. The topological polar surface area (TPSA) is 63.2 Å². The summed E-state index contributed by atoms with van der Waals surface area (Å²) in [6.07, 6.45) is 24.7. The first kappa shape index (κ1) is 39.5. The summed E-state index contributed by atoms with van der Waals surface area (Å²) in [6, 6.07) is 0. The van der Waals surface area contributed by atoms with Crippen LogP contribution >= 0.6 is 22.1 Å². The van der Waals surface area contributed by atoms with E-state index in [1.165, 1.54) is 76.0 Å². The van der Waals surface area contributed by atoms with Gasteiger partial charge in [-0.2, -0.15) is 0 Å². The molecule has 0 amide bonds. The molecule has 0 fully saturated rings. The van der Waals surface area contributed by atoms with Crippen LogP contribution in [0.25, 0.3) is 0 Å². The van der Waals surface area contributed by atoms with Crippen molar-refractivity contribution in [2.24, 2.45) is 0 Å². The van der Waals surface area contributed by atoms with E-state index < -0.39 is 22.1 Å². The summed E-state index contributed by atoms with van der Waals surface area (Å²) >= 11 is 0. The van der Waals surface area contributed by atoms with Gasteiger partial charge in [0.1, 0.15) is 0 Å². The van der Waals surface area contributed by atoms with Crippen LogP contribution in [-0.4, -0.2) is 55.5 Å². The van der Waals surface area contributed by atoms with Crippen LogP contribution in [0.2, 0.25) is 0 Å². The van der Waals surface area contributed by atoms with Crippen molar-refractivity contribution in [2.45, 2.75) is 127 Å². The molecule has 0 aromatic carbocycles. The third-order valence-electron chi connectivity index (χ3n) is 7.41. The van der Waals surface area contributed by atoms with Crippen LogP contribution in [-0.2, 0) is 4.57 Å². The van der Waals surface area contributed by atoms with Crippen LogP contribution in [0.4, 0.5) is 0 Å². The third kappa shape index (κ3) is 23.4.